The Bertz CT molecular complexity index is 835. The zero-order valence-electron chi connectivity index (χ0n) is 12.8. The van der Waals surface area contributed by atoms with Crippen molar-refractivity contribution < 1.29 is 23.1 Å². The van der Waals surface area contributed by atoms with E-state index in [2.05, 4.69) is 0 Å². The Morgan fingerprint density at radius 3 is 2.38 bits per heavy atom. The standard InChI is InChI=1S/C16H18N2O5S/c17-8-4-5-11-9-12(16(19)20)10-14(24(18,21)22)15(11)23-13-6-2-1-3-7-13/h1-3,6-7,9-10H,4-5,8,17H2,(H,19,20)(H2,18,21,22). The predicted molar refractivity (Wildman–Crippen MR) is 88.7 cm³/mol. The molecule has 0 unspecified atom stereocenters. The van der Waals surface area contributed by atoms with Gasteiger partial charge in [0.25, 0.3) is 0 Å². The number of benzene rings is 2. The van der Waals surface area contributed by atoms with Gasteiger partial charge in [0, 0.05) is 0 Å². The SMILES string of the molecule is NCCCc1cc(C(=O)O)cc(S(N)(=O)=O)c1Oc1ccccc1. The number of rotatable bonds is 7. The fourth-order valence-electron chi connectivity index (χ4n) is 2.20. The van der Waals surface area contributed by atoms with Crippen LogP contribution in [0.1, 0.15) is 22.3 Å². The minimum atomic E-state index is -4.18. The quantitative estimate of drug-likeness (QED) is 0.696. The van der Waals surface area contributed by atoms with Crippen LogP contribution in [0.15, 0.2) is 47.4 Å². The number of para-hydroxylation sites is 1. The van der Waals surface area contributed by atoms with Crippen molar-refractivity contribution in [3.8, 4) is 11.5 Å². The zero-order chi connectivity index (χ0) is 17.7. The first-order valence-electron chi connectivity index (χ1n) is 7.19. The molecule has 0 saturated carbocycles. The van der Waals surface area contributed by atoms with Gasteiger partial charge in [0.05, 0.1) is 5.56 Å². The summed E-state index contributed by atoms with van der Waals surface area (Å²) in [6.45, 7) is 0.368. The van der Waals surface area contributed by atoms with Gasteiger partial charge >= 0.3 is 5.97 Å². The minimum Gasteiger partial charge on any atom is -0.478 e. The number of carboxylic acids is 1. The van der Waals surface area contributed by atoms with Crippen LogP contribution in [0.25, 0.3) is 0 Å². The number of sulfonamides is 1. The molecule has 0 heterocycles. The summed E-state index contributed by atoms with van der Waals surface area (Å²) in [5, 5.41) is 14.5. The summed E-state index contributed by atoms with van der Waals surface area (Å²) in [6, 6.07) is 11.0. The van der Waals surface area contributed by atoms with Gasteiger partial charge in [0.2, 0.25) is 10.0 Å². The number of nitrogens with two attached hydrogens (primary N) is 2. The largest absolute Gasteiger partial charge is 0.478 e. The zero-order valence-corrected chi connectivity index (χ0v) is 13.6. The van der Waals surface area contributed by atoms with Gasteiger partial charge in [-0.05, 0) is 49.2 Å². The molecule has 0 spiro atoms. The van der Waals surface area contributed by atoms with Gasteiger partial charge in [0.1, 0.15) is 10.6 Å². The van der Waals surface area contributed by atoms with E-state index in [1.54, 1.807) is 30.3 Å². The van der Waals surface area contributed by atoms with Gasteiger partial charge in [-0.1, -0.05) is 18.2 Å². The highest BCUT2D eigenvalue weighted by molar-refractivity contribution is 7.89. The molecule has 8 heteroatoms. The molecule has 2 aromatic rings. The Morgan fingerprint density at radius 2 is 1.83 bits per heavy atom. The fourth-order valence-corrected chi connectivity index (χ4v) is 2.92. The number of aryl methyl sites for hydroxylation is 1. The molecule has 24 heavy (non-hydrogen) atoms. The molecule has 0 radical (unpaired) electrons. The van der Waals surface area contributed by atoms with Gasteiger partial charge in [-0.2, -0.15) is 0 Å². The first-order valence-corrected chi connectivity index (χ1v) is 8.73. The lowest BCUT2D eigenvalue weighted by Gasteiger charge is -2.16. The lowest BCUT2D eigenvalue weighted by atomic mass is 10.0. The lowest BCUT2D eigenvalue weighted by Crippen LogP contribution is -2.16. The molecule has 5 N–H and O–H groups in total. The number of primary sulfonamides is 1. The molecule has 7 nitrogen and oxygen atoms in total. The van der Waals surface area contributed by atoms with E-state index in [4.69, 9.17) is 15.6 Å². The predicted octanol–water partition coefficient (Wildman–Crippen LogP) is 1.72. The third kappa shape index (κ3) is 4.31. The molecule has 0 atom stereocenters. The highest BCUT2D eigenvalue weighted by Crippen LogP contribution is 2.34. The molecule has 0 bridgehead atoms. The van der Waals surface area contributed by atoms with E-state index in [1.165, 1.54) is 6.07 Å². The number of carboxylic acid groups (broad SMARTS) is 1. The molecule has 0 fully saturated rings. The molecule has 2 rings (SSSR count). The molecule has 0 aliphatic rings. The number of carbonyl (C=O) groups is 1. The van der Waals surface area contributed by atoms with Crippen LogP contribution < -0.4 is 15.6 Å². The highest BCUT2D eigenvalue weighted by atomic mass is 32.2. The molecular weight excluding hydrogens is 332 g/mol. The molecule has 0 aliphatic carbocycles. The van der Waals surface area contributed by atoms with E-state index in [-0.39, 0.29) is 16.2 Å². The maximum atomic E-state index is 11.9. The first kappa shape index (κ1) is 17.9. The third-order valence-electron chi connectivity index (χ3n) is 3.30. The van der Waals surface area contributed by atoms with Crippen LogP contribution in [0.5, 0.6) is 11.5 Å². The topological polar surface area (TPSA) is 133 Å². The highest BCUT2D eigenvalue weighted by Gasteiger charge is 2.23. The second-order valence-electron chi connectivity index (χ2n) is 5.12. The monoisotopic (exact) mass is 350 g/mol. The summed E-state index contributed by atoms with van der Waals surface area (Å²) in [7, 11) is -4.18. The minimum absolute atomic E-state index is 0.0298. The van der Waals surface area contributed by atoms with Gasteiger partial charge < -0.3 is 15.6 Å². The average molecular weight is 350 g/mol. The van der Waals surface area contributed by atoms with Crippen molar-refractivity contribution in [1.29, 1.82) is 0 Å². The summed E-state index contributed by atoms with van der Waals surface area (Å²) in [6.07, 6.45) is 0.903. The summed E-state index contributed by atoms with van der Waals surface area (Å²) in [5.74, 6) is -0.804. The van der Waals surface area contributed by atoms with E-state index in [0.717, 1.165) is 6.07 Å². The summed E-state index contributed by atoms with van der Waals surface area (Å²) >= 11 is 0. The van der Waals surface area contributed by atoms with Crippen LogP contribution in [0, 0.1) is 0 Å². The van der Waals surface area contributed by atoms with Gasteiger partial charge in [-0.25, -0.2) is 18.4 Å². The first-order chi connectivity index (χ1) is 11.3. The van der Waals surface area contributed by atoms with Crippen LogP contribution in [0.3, 0.4) is 0 Å². The van der Waals surface area contributed by atoms with Gasteiger partial charge in [-0.3, -0.25) is 0 Å². The Morgan fingerprint density at radius 1 is 1.17 bits per heavy atom. The van der Waals surface area contributed by atoms with Gasteiger partial charge in [-0.15, -0.1) is 0 Å². The Hall–Kier alpha value is -2.42. The van der Waals surface area contributed by atoms with Crippen molar-refractivity contribution >= 4 is 16.0 Å². The Kier molecular flexibility index (Phi) is 5.55. The number of ether oxygens (including phenoxy) is 1. The summed E-state index contributed by atoms with van der Waals surface area (Å²) in [5.41, 5.74) is 5.75. The number of hydrogen-bond acceptors (Lipinski definition) is 5. The Balaban J connectivity index is 2.64. The van der Waals surface area contributed by atoms with Crippen molar-refractivity contribution in [2.75, 3.05) is 6.54 Å². The number of hydrogen-bond donors (Lipinski definition) is 3. The lowest BCUT2D eigenvalue weighted by molar-refractivity contribution is 0.0696. The van der Waals surface area contributed by atoms with Crippen LogP contribution in [0.2, 0.25) is 0 Å². The Labute approximate surface area is 139 Å². The normalized spacial score (nSPS) is 11.2. The van der Waals surface area contributed by atoms with E-state index >= 15 is 0 Å². The fraction of sp³-hybridized carbons (Fsp3) is 0.188. The van der Waals surface area contributed by atoms with E-state index in [0.29, 0.717) is 30.7 Å². The molecule has 0 amide bonds. The van der Waals surface area contributed by atoms with E-state index in [9.17, 15) is 18.3 Å². The number of aromatic carboxylic acids is 1. The van der Waals surface area contributed by atoms with Crippen molar-refractivity contribution in [2.45, 2.75) is 17.7 Å². The molecule has 0 aromatic heterocycles. The van der Waals surface area contributed by atoms with E-state index in [1.807, 2.05) is 0 Å². The van der Waals surface area contributed by atoms with Crippen LogP contribution in [-0.2, 0) is 16.4 Å². The summed E-state index contributed by atoms with van der Waals surface area (Å²) < 4.78 is 29.6. The smallest absolute Gasteiger partial charge is 0.335 e. The van der Waals surface area contributed by atoms with Crippen LogP contribution in [0.4, 0.5) is 0 Å². The second-order valence-corrected chi connectivity index (χ2v) is 6.65. The van der Waals surface area contributed by atoms with Crippen molar-refractivity contribution in [2.24, 2.45) is 10.9 Å². The van der Waals surface area contributed by atoms with E-state index < -0.39 is 16.0 Å². The molecule has 2 aromatic carbocycles. The average Bonchev–Trinajstić information content (AvgIpc) is 2.53. The van der Waals surface area contributed by atoms with Crippen molar-refractivity contribution in [1.82, 2.24) is 0 Å². The molecule has 0 aliphatic heterocycles. The molecular formula is C16H18N2O5S. The van der Waals surface area contributed by atoms with Crippen LogP contribution >= 0.6 is 0 Å². The second kappa shape index (κ2) is 7.43. The van der Waals surface area contributed by atoms with Crippen LogP contribution in [-0.4, -0.2) is 26.0 Å². The molecule has 0 saturated heterocycles. The maximum Gasteiger partial charge on any atom is 0.335 e. The van der Waals surface area contributed by atoms with Gasteiger partial charge in [0.15, 0.2) is 5.75 Å². The van der Waals surface area contributed by atoms with Crippen molar-refractivity contribution in [3.05, 3.63) is 53.6 Å². The maximum absolute atomic E-state index is 11.9. The third-order valence-corrected chi connectivity index (χ3v) is 4.21. The molecule has 128 valence electrons. The summed E-state index contributed by atoms with van der Waals surface area (Å²) in [4.78, 5) is 10.9. The van der Waals surface area contributed by atoms with Crippen molar-refractivity contribution in [3.63, 3.8) is 0 Å².